The molecule has 0 radical (unpaired) electrons. The Balaban J connectivity index is 1.39. The van der Waals surface area contributed by atoms with E-state index in [1.54, 1.807) is 6.07 Å². The lowest BCUT2D eigenvalue weighted by Gasteiger charge is -2.44. The molecule has 4 rings (SSSR count). The third kappa shape index (κ3) is 3.21. The lowest BCUT2D eigenvalue weighted by molar-refractivity contribution is 0.120. The molecule has 6 heteroatoms. The summed E-state index contributed by atoms with van der Waals surface area (Å²) in [6.45, 7) is 2.15. The van der Waals surface area contributed by atoms with Gasteiger partial charge in [0.1, 0.15) is 11.9 Å². The second-order valence-corrected chi connectivity index (χ2v) is 8.58. The van der Waals surface area contributed by atoms with Crippen LogP contribution in [0.1, 0.15) is 25.7 Å². The average molecular weight is 437 g/mol. The van der Waals surface area contributed by atoms with Crippen LogP contribution in [0.3, 0.4) is 0 Å². The molecule has 126 valence electrons. The molecule has 1 aliphatic carbocycles. The van der Waals surface area contributed by atoms with Crippen molar-refractivity contribution in [3.8, 4) is 17.0 Å². The summed E-state index contributed by atoms with van der Waals surface area (Å²) in [7, 11) is 0. The first kappa shape index (κ1) is 16.1. The van der Waals surface area contributed by atoms with Gasteiger partial charge >= 0.3 is 0 Å². The second kappa shape index (κ2) is 6.48. The standard InChI is InChI=1S/C18H20IN3O2/c19-18(9-1-10-18)22-11-8-15(12-22)24-14-4-2-13(3-5-14)16-6-7-17(23)21-20-16/h2-7,15H,1,8-12H2,(H,21,23). The molecule has 1 saturated carbocycles. The molecule has 1 saturated heterocycles. The summed E-state index contributed by atoms with van der Waals surface area (Å²) in [4.78, 5) is 13.7. The van der Waals surface area contributed by atoms with E-state index in [0.717, 1.165) is 36.5 Å². The molecule has 2 fully saturated rings. The van der Waals surface area contributed by atoms with Crippen LogP contribution in [0.15, 0.2) is 41.2 Å². The van der Waals surface area contributed by atoms with Gasteiger partial charge in [-0.3, -0.25) is 9.69 Å². The molecular weight excluding hydrogens is 417 g/mol. The van der Waals surface area contributed by atoms with E-state index >= 15 is 0 Å². The van der Waals surface area contributed by atoms with Crippen LogP contribution in [0.4, 0.5) is 0 Å². The van der Waals surface area contributed by atoms with Crippen LogP contribution in [0.5, 0.6) is 5.75 Å². The SMILES string of the molecule is O=c1ccc(-c2ccc(OC3CCN(C4(I)CCC4)C3)cc2)n[nH]1. The number of alkyl halides is 1. The molecule has 1 atom stereocenters. The Bertz CT molecular complexity index is 750. The number of halogens is 1. The monoisotopic (exact) mass is 437 g/mol. The molecule has 24 heavy (non-hydrogen) atoms. The summed E-state index contributed by atoms with van der Waals surface area (Å²) in [5, 5.41) is 6.51. The van der Waals surface area contributed by atoms with Crippen molar-refractivity contribution in [3.05, 3.63) is 46.8 Å². The van der Waals surface area contributed by atoms with Crippen molar-refractivity contribution in [3.63, 3.8) is 0 Å². The minimum Gasteiger partial charge on any atom is -0.489 e. The maximum absolute atomic E-state index is 11.1. The number of aromatic amines is 1. The quantitative estimate of drug-likeness (QED) is 0.454. The molecule has 1 aromatic carbocycles. The van der Waals surface area contributed by atoms with Gasteiger partial charge < -0.3 is 4.74 Å². The molecule has 2 aromatic rings. The van der Waals surface area contributed by atoms with Gasteiger partial charge in [-0.05, 0) is 56.0 Å². The van der Waals surface area contributed by atoms with E-state index in [2.05, 4.69) is 37.7 Å². The van der Waals surface area contributed by atoms with Gasteiger partial charge in [-0.15, -0.1) is 0 Å². The lowest BCUT2D eigenvalue weighted by atomic mass is 9.92. The van der Waals surface area contributed by atoms with Crippen LogP contribution >= 0.6 is 22.6 Å². The third-order valence-electron chi connectivity index (χ3n) is 4.96. The third-order valence-corrected chi connectivity index (χ3v) is 6.72. The summed E-state index contributed by atoms with van der Waals surface area (Å²) in [5.41, 5.74) is 1.53. The number of benzene rings is 1. The Hall–Kier alpha value is -1.41. The van der Waals surface area contributed by atoms with Gasteiger partial charge in [-0.1, -0.05) is 22.6 Å². The maximum Gasteiger partial charge on any atom is 0.264 e. The smallest absolute Gasteiger partial charge is 0.264 e. The molecular formula is C18H20IN3O2. The zero-order valence-electron chi connectivity index (χ0n) is 13.4. The van der Waals surface area contributed by atoms with Crippen molar-refractivity contribution in [1.82, 2.24) is 15.1 Å². The molecule has 1 unspecified atom stereocenters. The van der Waals surface area contributed by atoms with E-state index in [1.165, 1.54) is 25.3 Å². The van der Waals surface area contributed by atoms with Gasteiger partial charge in [0.05, 0.1) is 9.24 Å². The minimum absolute atomic E-state index is 0.191. The summed E-state index contributed by atoms with van der Waals surface area (Å²) in [6.07, 6.45) is 5.33. The van der Waals surface area contributed by atoms with Crippen molar-refractivity contribution in [2.45, 2.75) is 35.3 Å². The average Bonchev–Trinajstić information content (AvgIpc) is 3.03. The Kier molecular flexibility index (Phi) is 4.34. The predicted octanol–water partition coefficient (Wildman–Crippen LogP) is 3.21. The van der Waals surface area contributed by atoms with Crippen LogP contribution in [0.2, 0.25) is 0 Å². The fraction of sp³-hybridized carbons (Fsp3) is 0.444. The van der Waals surface area contributed by atoms with Crippen molar-refractivity contribution in [1.29, 1.82) is 0 Å². The van der Waals surface area contributed by atoms with E-state index in [1.807, 2.05) is 24.3 Å². The van der Waals surface area contributed by atoms with E-state index < -0.39 is 0 Å². The summed E-state index contributed by atoms with van der Waals surface area (Å²) >= 11 is 2.62. The van der Waals surface area contributed by atoms with Gasteiger partial charge in [0.15, 0.2) is 0 Å². The normalized spacial score (nSPS) is 23.0. The number of hydrogen-bond donors (Lipinski definition) is 1. The van der Waals surface area contributed by atoms with Crippen LogP contribution in [-0.2, 0) is 0 Å². The zero-order chi connectivity index (χ0) is 16.6. The number of nitrogens with one attached hydrogen (secondary N) is 1. The maximum atomic E-state index is 11.1. The molecule has 2 aliphatic rings. The molecule has 1 aromatic heterocycles. The molecule has 0 bridgehead atoms. The van der Waals surface area contributed by atoms with Crippen LogP contribution in [0.25, 0.3) is 11.3 Å². The predicted molar refractivity (Wildman–Crippen MR) is 102 cm³/mol. The van der Waals surface area contributed by atoms with Gasteiger partial charge in [-0.25, -0.2) is 5.10 Å². The number of likely N-dealkylation sites (tertiary alicyclic amines) is 1. The molecule has 0 amide bonds. The van der Waals surface area contributed by atoms with E-state index in [9.17, 15) is 4.79 Å². The molecule has 2 heterocycles. The van der Waals surface area contributed by atoms with E-state index in [-0.39, 0.29) is 11.7 Å². The van der Waals surface area contributed by atoms with Gasteiger partial charge in [0, 0.05) is 24.7 Å². The summed E-state index contributed by atoms with van der Waals surface area (Å²) in [6, 6.07) is 11.1. The highest BCUT2D eigenvalue weighted by Gasteiger charge is 2.43. The Morgan fingerprint density at radius 3 is 2.62 bits per heavy atom. The van der Waals surface area contributed by atoms with Gasteiger partial charge in [0.25, 0.3) is 5.56 Å². The van der Waals surface area contributed by atoms with Crippen LogP contribution in [-0.4, -0.2) is 37.8 Å². The highest BCUT2D eigenvalue weighted by molar-refractivity contribution is 14.1. The van der Waals surface area contributed by atoms with Gasteiger partial charge in [0.2, 0.25) is 0 Å². The molecule has 1 N–H and O–H groups in total. The molecule has 5 nitrogen and oxygen atoms in total. The number of ether oxygens (including phenoxy) is 1. The Labute approximate surface area is 154 Å². The number of rotatable bonds is 4. The Morgan fingerprint density at radius 2 is 2.00 bits per heavy atom. The topological polar surface area (TPSA) is 58.2 Å². The fourth-order valence-corrected chi connectivity index (χ4v) is 4.58. The first-order valence-corrected chi connectivity index (χ1v) is 9.47. The summed E-state index contributed by atoms with van der Waals surface area (Å²) in [5.74, 6) is 0.895. The van der Waals surface area contributed by atoms with Crippen LogP contribution in [0, 0.1) is 0 Å². The highest BCUT2D eigenvalue weighted by atomic mass is 127. The van der Waals surface area contributed by atoms with Crippen molar-refractivity contribution in [2.24, 2.45) is 0 Å². The molecule has 0 spiro atoms. The summed E-state index contributed by atoms with van der Waals surface area (Å²) < 4.78 is 6.54. The number of aromatic nitrogens is 2. The highest BCUT2D eigenvalue weighted by Crippen LogP contribution is 2.45. The van der Waals surface area contributed by atoms with Crippen molar-refractivity contribution in [2.75, 3.05) is 13.1 Å². The minimum atomic E-state index is -0.191. The van der Waals surface area contributed by atoms with Crippen LogP contribution < -0.4 is 10.3 Å². The number of H-pyrrole nitrogens is 1. The second-order valence-electron chi connectivity index (χ2n) is 6.58. The Morgan fingerprint density at radius 1 is 1.21 bits per heavy atom. The molecule has 1 aliphatic heterocycles. The number of hydrogen-bond acceptors (Lipinski definition) is 4. The lowest BCUT2D eigenvalue weighted by Crippen LogP contribution is -2.48. The first-order chi connectivity index (χ1) is 11.6. The van der Waals surface area contributed by atoms with Gasteiger partial charge in [-0.2, -0.15) is 5.10 Å². The number of nitrogens with zero attached hydrogens (tertiary/aromatic N) is 2. The van der Waals surface area contributed by atoms with E-state index in [0.29, 0.717) is 3.55 Å². The van der Waals surface area contributed by atoms with E-state index in [4.69, 9.17) is 4.74 Å². The fourth-order valence-electron chi connectivity index (χ4n) is 3.38. The first-order valence-electron chi connectivity index (χ1n) is 8.39. The zero-order valence-corrected chi connectivity index (χ0v) is 15.5. The van der Waals surface area contributed by atoms with Crippen molar-refractivity contribution >= 4 is 22.6 Å². The largest absolute Gasteiger partial charge is 0.489 e. The van der Waals surface area contributed by atoms with Crippen molar-refractivity contribution < 1.29 is 4.74 Å².